The zero-order chi connectivity index (χ0) is 20.8. The lowest BCUT2D eigenvalue weighted by Gasteiger charge is -2.40. The zero-order valence-corrected chi connectivity index (χ0v) is 17.2. The average molecular weight is 399 g/mol. The summed E-state index contributed by atoms with van der Waals surface area (Å²) in [5, 5.41) is 0. The minimum atomic E-state index is -0.782. The Balaban J connectivity index is 1.81. The molecular weight excluding hydrogens is 368 g/mol. The quantitative estimate of drug-likeness (QED) is 0.717. The Morgan fingerprint density at radius 1 is 1.24 bits per heavy atom. The van der Waals surface area contributed by atoms with Gasteiger partial charge in [0.2, 0.25) is 5.91 Å². The zero-order valence-electron chi connectivity index (χ0n) is 17.2. The molecule has 1 aromatic heterocycles. The van der Waals surface area contributed by atoms with Gasteiger partial charge in [0.25, 0.3) is 5.91 Å². The van der Waals surface area contributed by atoms with Crippen LogP contribution in [0.1, 0.15) is 50.6 Å². The number of aromatic nitrogens is 1. The Kier molecular flexibility index (Phi) is 6.90. The second-order valence-electron chi connectivity index (χ2n) is 7.63. The smallest absolute Gasteiger partial charge is 0.327 e. The van der Waals surface area contributed by atoms with Crippen LogP contribution in [-0.4, -0.2) is 63.7 Å². The van der Waals surface area contributed by atoms with Gasteiger partial charge in [-0.1, -0.05) is 50.5 Å². The number of hydrogen-bond donors (Lipinski definition) is 1. The maximum Gasteiger partial charge on any atom is 0.327 e. The van der Waals surface area contributed by atoms with E-state index in [2.05, 4.69) is 11.9 Å². The van der Waals surface area contributed by atoms with E-state index in [9.17, 15) is 14.4 Å². The van der Waals surface area contributed by atoms with Gasteiger partial charge in [-0.05, 0) is 18.9 Å². The van der Waals surface area contributed by atoms with Gasteiger partial charge in [0.05, 0.1) is 6.04 Å². The second kappa shape index (κ2) is 9.58. The number of likely N-dealkylation sites (N-methyl/N-ethyl adjacent to an activating group) is 1. The highest BCUT2D eigenvalue weighted by atomic mass is 16.2. The molecule has 1 N–H and O–H groups in total. The number of carbonyl (C=O) groups excluding carboxylic acids is 3. The van der Waals surface area contributed by atoms with Gasteiger partial charge >= 0.3 is 6.03 Å². The fourth-order valence-corrected chi connectivity index (χ4v) is 3.88. The number of nitrogens with one attached hydrogen (secondary N) is 1. The van der Waals surface area contributed by atoms with Crippen LogP contribution in [0.25, 0.3) is 0 Å². The van der Waals surface area contributed by atoms with E-state index in [0.29, 0.717) is 18.5 Å². The van der Waals surface area contributed by atoms with Crippen molar-refractivity contribution in [1.82, 2.24) is 19.7 Å². The van der Waals surface area contributed by atoms with Crippen molar-refractivity contribution in [3.05, 3.63) is 48.3 Å². The van der Waals surface area contributed by atoms with Crippen molar-refractivity contribution in [2.45, 2.75) is 51.1 Å². The summed E-state index contributed by atoms with van der Waals surface area (Å²) >= 11 is 0. The van der Waals surface area contributed by atoms with E-state index >= 15 is 0 Å². The lowest BCUT2D eigenvalue weighted by molar-refractivity contribution is -0.152. The lowest BCUT2D eigenvalue weighted by atomic mass is 10.0. The van der Waals surface area contributed by atoms with Crippen molar-refractivity contribution in [3.8, 4) is 0 Å². The van der Waals surface area contributed by atoms with Crippen molar-refractivity contribution in [3.63, 3.8) is 0 Å². The van der Waals surface area contributed by atoms with Crippen LogP contribution in [0.2, 0.25) is 0 Å². The van der Waals surface area contributed by atoms with Gasteiger partial charge < -0.3 is 14.8 Å². The molecule has 2 heterocycles. The summed E-state index contributed by atoms with van der Waals surface area (Å²) in [5.74, 6) is -0.597. The van der Waals surface area contributed by atoms with Crippen LogP contribution in [0.5, 0.6) is 0 Å². The minimum absolute atomic E-state index is 0.0950. The molecule has 2 aliphatic rings. The monoisotopic (exact) mass is 398 g/mol. The van der Waals surface area contributed by atoms with Crippen LogP contribution in [0.15, 0.2) is 42.8 Å². The fraction of sp³-hybridized carbons (Fsp3) is 0.500. The highest BCUT2D eigenvalue weighted by molar-refractivity contribution is 6.05. The largest absolute Gasteiger partial charge is 0.367 e. The van der Waals surface area contributed by atoms with Gasteiger partial charge in [-0.2, -0.15) is 0 Å². The number of amides is 4. The number of urea groups is 1. The summed E-state index contributed by atoms with van der Waals surface area (Å²) < 4.78 is 0. The molecule has 4 amide bonds. The SMILES string of the molecule is CCCCCCN(C(=O)N1CC(=O)N(C)C(c2cc[nH]c2)C1=O)C1C=CC=CC1. The predicted octanol–water partition coefficient (Wildman–Crippen LogP) is 3.24. The standard InChI is InChI=1S/C22H30N4O3/c1-3-4-5-9-14-25(18-10-7-6-8-11-18)22(29)26-16-19(27)24(2)20(21(26)28)17-12-13-23-15-17/h6-8,10,12-13,15,18,20,23H,3-5,9,11,14,16H2,1-2H3. The molecule has 0 saturated carbocycles. The van der Waals surface area contributed by atoms with E-state index in [4.69, 9.17) is 0 Å². The molecule has 0 radical (unpaired) electrons. The van der Waals surface area contributed by atoms with Crippen LogP contribution < -0.4 is 0 Å². The molecule has 1 aliphatic carbocycles. The summed E-state index contributed by atoms with van der Waals surface area (Å²) in [6.07, 6.45) is 16.2. The minimum Gasteiger partial charge on any atom is -0.367 e. The number of rotatable bonds is 7. The molecule has 0 spiro atoms. The van der Waals surface area contributed by atoms with Crippen LogP contribution in [0.3, 0.4) is 0 Å². The predicted molar refractivity (Wildman–Crippen MR) is 111 cm³/mol. The number of H-pyrrole nitrogens is 1. The molecule has 3 rings (SSSR count). The third-order valence-corrected chi connectivity index (χ3v) is 5.60. The lowest BCUT2D eigenvalue weighted by Crippen LogP contribution is -2.59. The Bertz CT molecular complexity index is 784. The molecule has 0 bridgehead atoms. The highest BCUT2D eigenvalue weighted by Gasteiger charge is 2.43. The molecular formula is C22H30N4O3. The number of imide groups is 1. The van der Waals surface area contributed by atoms with Crippen LogP contribution in [0, 0.1) is 0 Å². The van der Waals surface area contributed by atoms with E-state index in [1.165, 1.54) is 4.90 Å². The number of aromatic amines is 1. The molecule has 1 saturated heterocycles. The van der Waals surface area contributed by atoms with Gasteiger partial charge in [-0.25, -0.2) is 4.79 Å². The van der Waals surface area contributed by atoms with Gasteiger partial charge in [0.1, 0.15) is 12.6 Å². The van der Waals surface area contributed by atoms with Gasteiger partial charge in [-0.3, -0.25) is 14.5 Å². The number of allylic oxidation sites excluding steroid dienone is 2. The third-order valence-electron chi connectivity index (χ3n) is 5.60. The highest BCUT2D eigenvalue weighted by Crippen LogP contribution is 2.27. The van der Waals surface area contributed by atoms with E-state index in [0.717, 1.165) is 30.6 Å². The molecule has 1 fully saturated rings. The van der Waals surface area contributed by atoms with Crippen molar-refractivity contribution >= 4 is 17.8 Å². The summed E-state index contributed by atoms with van der Waals surface area (Å²) in [5.41, 5.74) is 0.679. The van der Waals surface area contributed by atoms with E-state index in [1.807, 2.05) is 24.3 Å². The van der Waals surface area contributed by atoms with E-state index in [-0.39, 0.29) is 30.4 Å². The average Bonchev–Trinajstić information content (AvgIpc) is 3.25. The molecule has 0 aromatic carbocycles. The number of hydrogen-bond acceptors (Lipinski definition) is 3. The van der Waals surface area contributed by atoms with Crippen LogP contribution in [-0.2, 0) is 9.59 Å². The molecule has 7 heteroatoms. The van der Waals surface area contributed by atoms with Gasteiger partial charge in [0.15, 0.2) is 0 Å². The summed E-state index contributed by atoms with van der Waals surface area (Å²) in [7, 11) is 1.61. The van der Waals surface area contributed by atoms with Crippen LogP contribution >= 0.6 is 0 Å². The summed E-state index contributed by atoms with van der Waals surface area (Å²) in [6, 6.07) is 0.508. The Labute approximate surface area is 172 Å². The molecule has 29 heavy (non-hydrogen) atoms. The summed E-state index contributed by atoms with van der Waals surface area (Å²) in [4.78, 5) is 46.5. The molecule has 1 aliphatic heterocycles. The Hall–Kier alpha value is -2.83. The van der Waals surface area contributed by atoms with Gasteiger partial charge in [-0.15, -0.1) is 0 Å². The molecule has 2 unspecified atom stereocenters. The molecule has 2 atom stereocenters. The maximum absolute atomic E-state index is 13.4. The Morgan fingerprint density at radius 3 is 2.72 bits per heavy atom. The first-order valence-electron chi connectivity index (χ1n) is 10.4. The molecule has 7 nitrogen and oxygen atoms in total. The topological polar surface area (TPSA) is 76.7 Å². The second-order valence-corrected chi connectivity index (χ2v) is 7.63. The fourth-order valence-electron chi connectivity index (χ4n) is 3.88. The van der Waals surface area contributed by atoms with Crippen molar-refractivity contribution in [2.75, 3.05) is 20.1 Å². The van der Waals surface area contributed by atoms with E-state index in [1.54, 1.807) is 30.4 Å². The Morgan fingerprint density at radius 2 is 2.07 bits per heavy atom. The summed E-state index contributed by atoms with van der Waals surface area (Å²) in [6.45, 7) is 2.50. The third kappa shape index (κ3) is 4.60. The number of piperazine rings is 1. The first-order valence-corrected chi connectivity index (χ1v) is 10.4. The van der Waals surface area contributed by atoms with Crippen molar-refractivity contribution in [1.29, 1.82) is 0 Å². The van der Waals surface area contributed by atoms with Crippen LogP contribution in [0.4, 0.5) is 4.79 Å². The van der Waals surface area contributed by atoms with Gasteiger partial charge in [0, 0.05) is 31.5 Å². The number of unbranched alkanes of at least 4 members (excludes halogenated alkanes) is 3. The van der Waals surface area contributed by atoms with Crippen molar-refractivity contribution < 1.29 is 14.4 Å². The first-order chi connectivity index (χ1) is 14.0. The first kappa shape index (κ1) is 20.9. The molecule has 1 aromatic rings. The normalized spacial score (nSPS) is 21.7. The molecule has 156 valence electrons. The number of nitrogens with zero attached hydrogens (tertiary/aromatic N) is 3. The number of carbonyl (C=O) groups is 3. The van der Waals surface area contributed by atoms with Crippen molar-refractivity contribution in [2.24, 2.45) is 0 Å². The maximum atomic E-state index is 13.4. The van der Waals surface area contributed by atoms with E-state index < -0.39 is 6.04 Å².